The molecule has 1 fully saturated rings. The van der Waals surface area contributed by atoms with Gasteiger partial charge in [-0.2, -0.15) is 0 Å². The van der Waals surface area contributed by atoms with Gasteiger partial charge in [-0.1, -0.05) is 6.92 Å². The molecule has 2 aromatic rings. The Morgan fingerprint density at radius 1 is 1.38 bits per heavy atom. The topological polar surface area (TPSA) is 21.1 Å². The van der Waals surface area contributed by atoms with Gasteiger partial charge < -0.3 is 9.47 Å². The van der Waals surface area contributed by atoms with Crippen LogP contribution < -0.4 is 0 Å². The van der Waals surface area contributed by atoms with E-state index in [1.165, 1.54) is 6.07 Å². The smallest absolute Gasteiger partial charge is 0.184 e. The summed E-state index contributed by atoms with van der Waals surface area (Å²) in [5, 5.41) is 0. The second-order valence-electron chi connectivity index (χ2n) is 5.45. The molecule has 21 heavy (non-hydrogen) atoms. The zero-order valence-electron chi connectivity index (χ0n) is 12.0. The van der Waals surface area contributed by atoms with E-state index in [0.29, 0.717) is 11.3 Å². The quantitative estimate of drug-likeness (QED) is 0.805. The SMILES string of the molecule is CCN1CCCC(n2c(CCl)nc3ccc(F)c(F)c32)C1. The van der Waals surface area contributed by atoms with Gasteiger partial charge in [0.2, 0.25) is 0 Å². The molecular weight excluding hydrogens is 296 g/mol. The van der Waals surface area contributed by atoms with Crippen molar-refractivity contribution in [3.63, 3.8) is 0 Å². The fourth-order valence-electron chi connectivity index (χ4n) is 3.19. The average molecular weight is 314 g/mol. The van der Waals surface area contributed by atoms with Crippen molar-refractivity contribution in [1.29, 1.82) is 0 Å². The van der Waals surface area contributed by atoms with Gasteiger partial charge >= 0.3 is 0 Å². The van der Waals surface area contributed by atoms with Gasteiger partial charge in [0.05, 0.1) is 11.4 Å². The molecule has 3 rings (SSSR count). The third-order valence-corrected chi connectivity index (χ3v) is 4.47. The Labute approximate surface area is 127 Å². The van der Waals surface area contributed by atoms with Gasteiger partial charge in [-0.15, -0.1) is 11.6 Å². The van der Waals surface area contributed by atoms with Crippen molar-refractivity contribution in [3.8, 4) is 0 Å². The molecule has 1 aromatic heterocycles. The minimum absolute atomic E-state index is 0.0914. The van der Waals surface area contributed by atoms with Crippen LogP contribution in [0.5, 0.6) is 0 Å². The summed E-state index contributed by atoms with van der Waals surface area (Å²) in [4.78, 5) is 6.68. The number of fused-ring (bicyclic) bond motifs is 1. The minimum atomic E-state index is -0.840. The molecule has 0 bridgehead atoms. The van der Waals surface area contributed by atoms with Crippen molar-refractivity contribution in [3.05, 3.63) is 29.6 Å². The van der Waals surface area contributed by atoms with Crippen molar-refractivity contribution >= 4 is 22.6 Å². The molecule has 1 saturated heterocycles. The molecule has 0 saturated carbocycles. The van der Waals surface area contributed by atoms with Crippen LogP contribution in [0.25, 0.3) is 11.0 Å². The predicted octanol–water partition coefficient (Wildman–Crippen LogP) is 3.71. The Morgan fingerprint density at radius 2 is 2.19 bits per heavy atom. The summed E-state index contributed by atoms with van der Waals surface area (Å²) >= 11 is 5.97. The Hall–Kier alpha value is -1.20. The number of hydrogen-bond donors (Lipinski definition) is 0. The second kappa shape index (κ2) is 5.89. The van der Waals surface area contributed by atoms with E-state index in [1.54, 1.807) is 0 Å². The van der Waals surface area contributed by atoms with Gasteiger partial charge in [-0.3, -0.25) is 0 Å². The number of imidazole rings is 1. The maximum Gasteiger partial charge on any atom is 0.184 e. The van der Waals surface area contributed by atoms with Gasteiger partial charge in [-0.05, 0) is 38.1 Å². The van der Waals surface area contributed by atoms with Crippen molar-refractivity contribution in [2.75, 3.05) is 19.6 Å². The third kappa shape index (κ3) is 2.53. The van der Waals surface area contributed by atoms with Crippen molar-refractivity contribution in [2.45, 2.75) is 31.7 Å². The van der Waals surface area contributed by atoms with Crippen LogP contribution in [-0.4, -0.2) is 34.1 Å². The second-order valence-corrected chi connectivity index (χ2v) is 5.72. The van der Waals surface area contributed by atoms with E-state index < -0.39 is 11.6 Å². The van der Waals surface area contributed by atoms with Crippen LogP contribution in [0, 0.1) is 11.6 Å². The Bertz CT molecular complexity index is 656. The first-order valence-corrected chi connectivity index (χ1v) is 7.82. The van der Waals surface area contributed by atoms with Crippen molar-refractivity contribution < 1.29 is 8.78 Å². The number of benzene rings is 1. The highest BCUT2D eigenvalue weighted by Gasteiger charge is 2.26. The molecule has 6 heteroatoms. The van der Waals surface area contributed by atoms with E-state index in [2.05, 4.69) is 16.8 Å². The molecular formula is C15H18ClF2N3. The Balaban J connectivity index is 2.13. The number of aromatic nitrogens is 2. The van der Waals surface area contributed by atoms with Gasteiger partial charge in [0.25, 0.3) is 0 Å². The summed E-state index contributed by atoms with van der Waals surface area (Å²) in [7, 11) is 0. The van der Waals surface area contributed by atoms with E-state index in [-0.39, 0.29) is 17.4 Å². The van der Waals surface area contributed by atoms with E-state index in [0.717, 1.165) is 38.5 Å². The van der Waals surface area contributed by atoms with E-state index in [4.69, 9.17) is 11.6 Å². The number of piperidine rings is 1. The molecule has 1 aromatic carbocycles. The molecule has 2 heterocycles. The van der Waals surface area contributed by atoms with Crippen LogP contribution in [0.2, 0.25) is 0 Å². The third-order valence-electron chi connectivity index (χ3n) is 4.23. The van der Waals surface area contributed by atoms with Crippen LogP contribution >= 0.6 is 11.6 Å². The number of nitrogens with zero attached hydrogens (tertiary/aromatic N) is 3. The fourth-order valence-corrected chi connectivity index (χ4v) is 3.38. The first-order valence-electron chi connectivity index (χ1n) is 7.28. The molecule has 0 N–H and O–H groups in total. The zero-order chi connectivity index (χ0) is 15.0. The first kappa shape index (κ1) is 14.7. The molecule has 1 unspecified atom stereocenters. The molecule has 1 atom stereocenters. The lowest BCUT2D eigenvalue weighted by Crippen LogP contribution is -2.36. The highest BCUT2D eigenvalue weighted by Crippen LogP contribution is 2.30. The maximum absolute atomic E-state index is 14.2. The molecule has 0 aliphatic carbocycles. The highest BCUT2D eigenvalue weighted by atomic mass is 35.5. The number of alkyl halides is 1. The largest absolute Gasteiger partial charge is 0.320 e. The first-order chi connectivity index (χ1) is 10.2. The lowest BCUT2D eigenvalue weighted by molar-refractivity contribution is 0.185. The van der Waals surface area contributed by atoms with Gasteiger partial charge in [0.15, 0.2) is 11.6 Å². The van der Waals surface area contributed by atoms with Crippen LogP contribution in [0.15, 0.2) is 12.1 Å². The molecule has 1 aliphatic rings. The van der Waals surface area contributed by atoms with Gasteiger partial charge in [0.1, 0.15) is 11.3 Å². The van der Waals surface area contributed by atoms with Gasteiger partial charge in [0, 0.05) is 12.6 Å². The van der Waals surface area contributed by atoms with Crippen LogP contribution in [-0.2, 0) is 5.88 Å². The Morgan fingerprint density at radius 3 is 2.90 bits per heavy atom. The standard InChI is InChI=1S/C15H18ClF2N3/c1-2-20-7-3-4-10(9-20)21-13(8-16)19-12-6-5-11(17)14(18)15(12)21/h5-6,10H,2-4,7-9H2,1H3. The normalized spacial score (nSPS) is 20.3. The van der Waals surface area contributed by atoms with E-state index in [1.807, 2.05) is 4.57 Å². The molecule has 1 aliphatic heterocycles. The lowest BCUT2D eigenvalue weighted by atomic mass is 10.1. The average Bonchev–Trinajstić information content (AvgIpc) is 2.90. The van der Waals surface area contributed by atoms with Crippen molar-refractivity contribution in [2.24, 2.45) is 0 Å². The molecule has 3 nitrogen and oxygen atoms in total. The van der Waals surface area contributed by atoms with Crippen LogP contribution in [0.3, 0.4) is 0 Å². The number of halogens is 3. The summed E-state index contributed by atoms with van der Waals surface area (Å²) in [6.07, 6.45) is 1.97. The number of hydrogen-bond acceptors (Lipinski definition) is 2. The van der Waals surface area contributed by atoms with E-state index in [9.17, 15) is 8.78 Å². The maximum atomic E-state index is 14.2. The summed E-state index contributed by atoms with van der Waals surface area (Å²) in [6, 6.07) is 2.72. The fraction of sp³-hybridized carbons (Fsp3) is 0.533. The lowest BCUT2D eigenvalue weighted by Gasteiger charge is -2.33. The minimum Gasteiger partial charge on any atom is -0.320 e. The molecule has 114 valence electrons. The Kier molecular flexibility index (Phi) is 4.13. The number of likely N-dealkylation sites (N-methyl/N-ethyl adjacent to an activating group) is 1. The van der Waals surface area contributed by atoms with Crippen LogP contribution in [0.4, 0.5) is 8.78 Å². The molecule has 0 spiro atoms. The number of rotatable bonds is 3. The van der Waals surface area contributed by atoms with Gasteiger partial charge in [-0.25, -0.2) is 13.8 Å². The zero-order valence-corrected chi connectivity index (χ0v) is 12.7. The monoisotopic (exact) mass is 313 g/mol. The molecule has 0 radical (unpaired) electrons. The summed E-state index contributed by atoms with van der Waals surface area (Å²) in [5.74, 6) is -0.865. The molecule has 0 amide bonds. The number of likely N-dealkylation sites (tertiary alicyclic amines) is 1. The predicted molar refractivity (Wildman–Crippen MR) is 79.6 cm³/mol. The summed E-state index contributed by atoms with van der Waals surface area (Å²) < 4.78 is 29.7. The van der Waals surface area contributed by atoms with E-state index >= 15 is 0 Å². The summed E-state index contributed by atoms with van der Waals surface area (Å²) in [6.45, 7) is 4.93. The van der Waals surface area contributed by atoms with Crippen LogP contribution in [0.1, 0.15) is 31.6 Å². The highest BCUT2D eigenvalue weighted by molar-refractivity contribution is 6.16. The summed E-state index contributed by atoms with van der Waals surface area (Å²) in [5.41, 5.74) is 0.715. The van der Waals surface area contributed by atoms with Crippen molar-refractivity contribution in [1.82, 2.24) is 14.5 Å².